The van der Waals surface area contributed by atoms with E-state index in [9.17, 15) is 4.79 Å². The van der Waals surface area contributed by atoms with Crippen LogP contribution in [0.4, 0.5) is 10.5 Å². The second kappa shape index (κ2) is 7.41. The largest absolute Gasteiger partial charge is 0.450 e. The van der Waals surface area contributed by atoms with Crippen LogP contribution in [-0.2, 0) is 11.2 Å². The van der Waals surface area contributed by atoms with E-state index in [4.69, 9.17) is 10.00 Å². The number of hydrogen-bond acceptors (Lipinski definition) is 6. The van der Waals surface area contributed by atoms with Crippen LogP contribution in [0, 0.1) is 11.3 Å². The first-order valence-electron chi connectivity index (χ1n) is 9.03. The van der Waals surface area contributed by atoms with E-state index in [0.29, 0.717) is 19.7 Å². The van der Waals surface area contributed by atoms with Gasteiger partial charge in [0.15, 0.2) is 0 Å². The molecule has 1 aliphatic carbocycles. The van der Waals surface area contributed by atoms with Crippen LogP contribution in [0.5, 0.6) is 0 Å². The van der Waals surface area contributed by atoms with Crippen molar-refractivity contribution in [3.8, 4) is 6.07 Å². The predicted octanol–water partition coefficient (Wildman–Crippen LogP) is 3.39. The van der Waals surface area contributed by atoms with Crippen molar-refractivity contribution in [2.24, 2.45) is 0 Å². The van der Waals surface area contributed by atoms with Crippen LogP contribution >= 0.6 is 11.3 Å². The zero-order valence-corrected chi connectivity index (χ0v) is 16.0. The van der Waals surface area contributed by atoms with E-state index in [1.54, 1.807) is 4.90 Å². The second-order valence-electron chi connectivity index (χ2n) is 6.52. The molecule has 138 valence electrons. The molecule has 1 amide bonds. The first-order valence-corrected chi connectivity index (χ1v) is 9.91. The lowest BCUT2D eigenvalue weighted by atomic mass is 10.1. The fourth-order valence-electron chi connectivity index (χ4n) is 3.58. The Bertz CT molecular complexity index is 936. The molecule has 0 atom stereocenters. The smallest absolute Gasteiger partial charge is 0.409 e. The molecule has 27 heavy (non-hydrogen) atoms. The summed E-state index contributed by atoms with van der Waals surface area (Å²) in [6, 6.07) is 6.20. The molecule has 0 bridgehead atoms. The summed E-state index contributed by atoms with van der Waals surface area (Å²) in [6.45, 7) is 5.09. The van der Waals surface area contributed by atoms with Gasteiger partial charge in [0, 0.05) is 50.0 Å². The van der Waals surface area contributed by atoms with Crippen molar-refractivity contribution in [1.82, 2.24) is 9.88 Å². The van der Waals surface area contributed by atoms with Crippen molar-refractivity contribution in [3.05, 3.63) is 45.4 Å². The minimum absolute atomic E-state index is 0.231. The third-order valence-electron chi connectivity index (χ3n) is 4.95. The summed E-state index contributed by atoms with van der Waals surface area (Å²) < 4.78 is 5.10. The molecule has 2 aliphatic rings. The molecule has 0 N–H and O–H groups in total. The predicted molar refractivity (Wildman–Crippen MR) is 106 cm³/mol. The van der Waals surface area contributed by atoms with Crippen molar-refractivity contribution in [2.45, 2.75) is 13.3 Å². The first kappa shape index (κ1) is 17.6. The van der Waals surface area contributed by atoms with Crippen molar-refractivity contribution in [3.63, 3.8) is 0 Å². The van der Waals surface area contributed by atoms with Crippen molar-refractivity contribution >= 4 is 34.8 Å². The number of nitrogens with zero attached hydrogens (tertiary/aromatic N) is 4. The third kappa shape index (κ3) is 3.40. The van der Waals surface area contributed by atoms with Gasteiger partial charge in [0.25, 0.3) is 0 Å². The summed E-state index contributed by atoms with van der Waals surface area (Å²) in [7, 11) is 0. The molecule has 2 aromatic rings. The van der Waals surface area contributed by atoms with Gasteiger partial charge in [-0.05, 0) is 41.6 Å². The first-order chi connectivity index (χ1) is 13.2. The Morgan fingerprint density at radius 1 is 1.37 bits per heavy atom. The lowest BCUT2D eigenvalue weighted by Crippen LogP contribution is -2.49. The lowest BCUT2D eigenvalue weighted by molar-refractivity contribution is 0.105. The maximum Gasteiger partial charge on any atom is 0.409 e. The quantitative estimate of drug-likeness (QED) is 0.816. The molecule has 6 nitrogen and oxygen atoms in total. The summed E-state index contributed by atoms with van der Waals surface area (Å²) in [6.07, 6.45) is 4.61. The van der Waals surface area contributed by atoms with Gasteiger partial charge in [0.1, 0.15) is 10.9 Å². The van der Waals surface area contributed by atoms with E-state index in [0.717, 1.165) is 46.9 Å². The number of aromatic nitrogens is 1. The highest BCUT2D eigenvalue weighted by atomic mass is 32.1. The van der Waals surface area contributed by atoms with Crippen molar-refractivity contribution in [2.75, 3.05) is 37.7 Å². The number of carbonyl (C=O) groups excluding carboxylic acids is 1. The van der Waals surface area contributed by atoms with Gasteiger partial charge in [0.2, 0.25) is 0 Å². The lowest BCUT2D eigenvalue weighted by Gasteiger charge is -2.36. The molecule has 0 aromatic carbocycles. The van der Waals surface area contributed by atoms with Crippen LogP contribution in [-0.4, -0.2) is 48.8 Å². The number of pyridine rings is 1. The van der Waals surface area contributed by atoms with Crippen LogP contribution in [0.1, 0.15) is 28.6 Å². The summed E-state index contributed by atoms with van der Waals surface area (Å²) in [5.41, 5.74) is 5.69. The molecule has 4 rings (SSSR count). The van der Waals surface area contributed by atoms with Gasteiger partial charge >= 0.3 is 6.09 Å². The van der Waals surface area contributed by atoms with Gasteiger partial charge in [-0.2, -0.15) is 5.26 Å². The Balaban J connectivity index is 1.53. The topological polar surface area (TPSA) is 69.5 Å². The number of ether oxygens (including phenoxy) is 1. The fraction of sp³-hybridized carbons (Fsp3) is 0.350. The monoisotopic (exact) mass is 380 g/mol. The molecule has 0 spiro atoms. The van der Waals surface area contributed by atoms with Crippen LogP contribution in [0.15, 0.2) is 23.7 Å². The molecule has 1 saturated heterocycles. The Kier molecular flexibility index (Phi) is 4.82. The standard InChI is InChI=1S/C20H20N4O2S/c1-2-26-20(25)24-7-5-23(6-8-24)19-3-4-22-18-11-14(10-17(18)19)15-9-16(12-21)27-13-15/h3-4,9-10,13H,2,5-8,11H2,1H3. The van der Waals surface area contributed by atoms with Crippen LogP contribution in [0.25, 0.3) is 11.6 Å². The van der Waals surface area contributed by atoms with Gasteiger partial charge in [-0.25, -0.2) is 4.79 Å². The number of hydrogen-bond donors (Lipinski definition) is 0. The van der Waals surface area contributed by atoms with Crippen LogP contribution in [0.2, 0.25) is 0 Å². The maximum absolute atomic E-state index is 11.9. The number of thiophene rings is 1. The third-order valence-corrected chi connectivity index (χ3v) is 5.79. The molecule has 0 saturated carbocycles. The van der Waals surface area contributed by atoms with Gasteiger partial charge in [-0.15, -0.1) is 11.3 Å². The molecule has 0 radical (unpaired) electrons. The van der Waals surface area contributed by atoms with Crippen molar-refractivity contribution < 1.29 is 9.53 Å². The number of carbonyl (C=O) groups is 1. The van der Waals surface area contributed by atoms with Gasteiger partial charge in [-0.3, -0.25) is 4.98 Å². The Morgan fingerprint density at radius 2 is 2.19 bits per heavy atom. The molecule has 2 aromatic heterocycles. The van der Waals surface area contributed by atoms with Crippen LogP contribution in [0.3, 0.4) is 0 Å². The summed E-state index contributed by atoms with van der Waals surface area (Å²) in [4.78, 5) is 21.3. The molecular formula is C20H20N4O2S. The molecule has 0 unspecified atom stereocenters. The number of allylic oxidation sites excluding steroid dienone is 1. The summed E-state index contributed by atoms with van der Waals surface area (Å²) in [5, 5.41) is 11.1. The van der Waals surface area contributed by atoms with E-state index >= 15 is 0 Å². The second-order valence-corrected chi connectivity index (χ2v) is 7.43. The Labute approximate surface area is 162 Å². The minimum Gasteiger partial charge on any atom is -0.450 e. The van der Waals surface area contributed by atoms with Gasteiger partial charge < -0.3 is 14.5 Å². The Hall–Kier alpha value is -2.85. The Morgan fingerprint density at radius 3 is 2.89 bits per heavy atom. The molecule has 1 aliphatic heterocycles. The number of anilines is 1. The number of rotatable bonds is 3. The number of piperazine rings is 1. The molecule has 7 heteroatoms. The highest BCUT2D eigenvalue weighted by Gasteiger charge is 2.26. The highest BCUT2D eigenvalue weighted by Crippen LogP contribution is 2.37. The van der Waals surface area contributed by atoms with E-state index in [1.807, 2.05) is 30.6 Å². The van der Waals surface area contributed by atoms with E-state index < -0.39 is 0 Å². The molecule has 1 fully saturated rings. The summed E-state index contributed by atoms with van der Waals surface area (Å²) in [5.74, 6) is 0. The fourth-order valence-corrected chi connectivity index (χ4v) is 4.30. The minimum atomic E-state index is -0.231. The SMILES string of the molecule is CCOC(=O)N1CCN(c2ccnc3c2C=C(c2csc(C#N)c2)C3)CC1. The molecule has 3 heterocycles. The average molecular weight is 380 g/mol. The van der Waals surface area contributed by atoms with Crippen molar-refractivity contribution in [1.29, 1.82) is 5.26 Å². The highest BCUT2D eigenvalue weighted by molar-refractivity contribution is 7.10. The maximum atomic E-state index is 11.9. The van der Waals surface area contributed by atoms with E-state index in [-0.39, 0.29) is 6.09 Å². The average Bonchev–Trinajstić information content (AvgIpc) is 3.34. The number of nitriles is 1. The van der Waals surface area contributed by atoms with E-state index in [2.05, 4.69) is 22.0 Å². The zero-order chi connectivity index (χ0) is 18.8. The molecular weight excluding hydrogens is 360 g/mol. The zero-order valence-electron chi connectivity index (χ0n) is 15.1. The van der Waals surface area contributed by atoms with Gasteiger partial charge in [0.05, 0.1) is 12.3 Å². The number of amides is 1. The summed E-state index contributed by atoms with van der Waals surface area (Å²) >= 11 is 1.47. The van der Waals surface area contributed by atoms with Crippen LogP contribution < -0.4 is 4.90 Å². The number of fused-ring (bicyclic) bond motifs is 1. The van der Waals surface area contributed by atoms with Gasteiger partial charge in [-0.1, -0.05) is 0 Å². The normalized spacial score (nSPS) is 15.9. The van der Waals surface area contributed by atoms with E-state index in [1.165, 1.54) is 16.9 Å².